The number of carbonyl (C=O) groups excluding carboxylic acids is 1. The van der Waals surface area contributed by atoms with Crippen LogP contribution in [0.1, 0.15) is 26.7 Å². The fourth-order valence-electron chi connectivity index (χ4n) is 2.24. The largest absolute Gasteiger partial charge is 0.394 e. The molecule has 4 N–H and O–H groups in total. The van der Waals surface area contributed by atoms with Gasteiger partial charge in [-0.15, -0.1) is 0 Å². The first-order valence-corrected chi connectivity index (χ1v) is 7.42. The Morgan fingerprint density at radius 1 is 1.23 bits per heavy atom. The summed E-state index contributed by atoms with van der Waals surface area (Å²) in [7, 11) is 0. The number of hydrogen-bond donors (Lipinski definition) is 4. The van der Waals surface area contributed by atoms with Gasteiger partial charge in [-0.1, -0.05) is 26.0 Å². The summed E-state index contributed by atoms with van der Waals surface area (Å²) in [5.41, 5.74) is 2.04. The summed E-state index contributed by atoms with van der Waals surface area (Å²) in [4.78, 5) is 12.1. The fraction of sp³-hybridized carbons (Fsp3) is 0.375. The van der Waals surface area contributed by atoms with Crippen LogP contribution in [0.3, 0.4) is 0 Å². The van der Waals surface area contributed by atoms with Gasteiger partial charge in [-0.3, -0.25) is 5.10 Å². The van der Waals surface area contributed by atoms with Crippen LogP contribution in [0.25, 0.3) is 11.3 Å². The molecule has 0 saturated carbocycles. The third-order valence-corrected chi connectivity index (χ3v) is 3.99. The Kier molecular flexibility index (Phi) is 5.16. The quantitative estimate of drug-likeness (QED) is 0.661. The molecule has 2 amide bonds. The molecule has 1 aromatic carbocycles. The van der Waals surface area contributed by atoms with Gasteiger partial charge in [-0.05, 0) is 36.6 Å². The second-order valence-corrected chi connectivity index (χ2v) is 5.27. The highest BCUT2D eigenvalue weighted by Crippen LogP contribution is 2.19. The fourth-order valence-corrected chi connectivity index (χ4v) is 2.24. The number of rotatable bonds is 6. The molecule has 0 aliphatic carbocycles. The second kappa shape index (κ2) is 7.09. The molecule has 0 spiro atoms. The van der Waals surface area contributed by atoms with Crippen LogP contribution in [-0.2, 0) is 0 Å². The van der Waals surface area contributed by atoms with Crippen LogP contribution >= 0.6 is 0 Å². The SMILES string of the molecule is CCC(CC)(CO)NC(=O)Nc1ccc(-c2ccn[nH]2)cc1. The summed E-state index contributed by atoms with van der Waals surface area (Å²) in [5, 5.41) is 21.9. The van der Waals surface area contributed by atoms with Crippen LogP contribution < -0.4 is 10.6 Å². The van der Waals surface area contributed by atoms with E-state index in [4.69, 9.17) is 0 Å². The van der Waals surface area contributed by atoms with E-state index in [0.717, 1.165) is 11.3 Å². The van der Waals surface area contributed by atoms with Gasteiger partial charge in [0.1, 0.15) is 0 Å². The molecule has 0 unspecified atom stereocenters. The van der Waals surface area contributed by atoms with Gasteiger partial charge in [-0.25, -0.2) is 4.79 Å². The van der Waals surface area contributed by atoms with Crippen LogP contribution in [0.4, 0.5) is 10.5 Å². The number of H-pyrrole nitrogens is 1. The highest BCUT2D eigenvalue weighted by molar-refractivity contribution is 5.90. The van der Waals surface area contributed by atoms with Crippen LogP contribution in [0.15, 0.2) is 36.5 Å². The van der Waals surface area contributed by atoms with E-state index in [1.165, 1.54) is 0 Å². The van der Waals surface area contributed by atoms with Crippen molar-refractivity contribution in [2.75, 3.05) is 11.9 Å². The number of anilines is 1. The molecule has 0 radical (unpaired) electrons. The molecule has 118 valence electrons. The van der Waals surface area contributed by atoms with E-state index in [1.807, 2.05) is 44.2 Å². The summed E-state index contributed by atoms with van der Waals surface area (Å²) >= 11 is 0. The van der Waals surface area contributed by atoms with E-state index < -0.39 is 5.54 Å². The van der Waals surface area contributed by atoms with Crippen molar-refractivity contribution in [1.29, 1.82) is 0 Å². The molecule has 0 aliphatic heterocycles. The van der Waals surface area contributed by atoms with E-state index in [-0.39, 0.29) is 12.6 Å². The van der Waals surface area contributed by atoms with Crippen LogP contribution in [0.5, 0.6) is 0 Å². The Morgan fingerprint density at radius 3 is 2.41 bits per heavy atom. The second-order valence-electron chi connectivity index (χ2n) is 5.27. The Bertz CT molecular complexity index is 581. The zero-order chi connectivity index (χ0) is 16.0. The average Bonchev–Trinajstić information content (AvgIpc) is 3.08. The summed E-state index contributed by atoms with van der Waals surface area (Å²) < 4.78 is 0. The van der Waals surface area contributed by atoms with Crippen LogP contribution in [0.2, 0.25) is 0 Å². The zero-order valence-electron chi connectivity index (χ0n) is 12.9. The van der Waals surface area contributed by atoms with Crippen molar-refractivity contribution in [3.05, 3.63) is 36.5 Å². The number of aromatic amines is 1. The number of aromatic nitrogens is 2. The lowest BCUT2D eigenvalue weighted by molar-refractivity contribution is 0.155. The molecule has 0 atom stereocenters. The van der Waals surface area contributed by atoms with Gasteiger partial charge < -0.3 is 15.7 Å². The molecular weight excluding hydrogens is 280 g/mol. The molecule has 6 heteroatoms. The maximum absolute atomic E-state index is 12.1. The Morgan fingerprint density at radius 2 is 1.91 bits per heavy atom. The Labute approximate surface area is 129 Å². The van der Waals surface area contributed by atoms with E-state index >= 15 is 0 Å². The first kappa shape index (κ1) is 16.0. The number of amides is 2. The smallest absolute Gasteiger partial charge is 0.319 e. The average molecular weight is 302 g/mol. The third kappa shape index (κ3) is 3.65. The molecule has 2 rings (SSSR count). The minimum absolute atomic E-state index is 0.0772. The van der Waals surface area contributed by atoms with Gasteiger partial charge >= 0.3 is 6.03 Å². The van der Waals surface area contributed by atoms with Gasteiger partial charge in [0, 0.05) is 11.9 Å². The summed E-state index contributed by atoms with van der Waals surface area (Å²) in [5.74, 6) is 0. The van der Waals surface area contributed by atoms with Crippen molar-refractivity contribution >= 4 is 11.7 Å². The number of urea groups is 1. The molecule has 2 aromatic rings. The van der Waals surface area contributed by atoms with Crippen molar-refractivity contribution in [2.24, 2.45) is 0 Å². The van der Waals surface area contributed by atoms with Gasteiger partial charge in [0.05, 0.1) is 17.8 Å². The van der Waals surface area contributed by atoms with Crippen molar-refractivity contribution in [3.8, 4) is 11.3 Å². The van der Waals surface area contributed by atoms with E-state index in [2.05, 4.69) is 20.8 Å². The zero-order valence-corrected chi connectivity index (χ0v) is 12.9. The molecule has 1 heterocycles. The maximum atomic E-state index is 12.1. The van der Waals surface area contributed by atoms with Crippen molar-refractivity contribution in [2.45, 2.75) is 32.2 Å². The number of benzene rings is 1. The maximum Gasteiger partial charge on any atom is 0.319 e. The summed E-state index contributed by atoms with van der Waals surface area (Å²) in [6, 6.07) is 9.03. The highest BCUT2D eigenvalue weighted by Gasteiger charge is 2.27. The molecular formula is C16H22N4O2. The minimum Gasteiger partial charge on any atom is -0.394 e. The lowest BCUT2D eigenvalue weighted by atomic mass is 9.94. The third-order valence-electron chi connectivity index (χ3n) is 3.99. The Hall–Kier alpha value is -2.34. The van der Waals surface area contributed by atoms with Gasteiger partial charge in [0.15, 0.2) is 0 Å². The predicted octanol–water partition coefficient (Wildman–Crippen LogP) is 2.75. The molecule has 6 nitrogen and oxygen atoms in total. The lowest BCUT2D eigenvalue weighted by Crippen LogP contribution is -2.51. The predicted molar refractivity (Wildman–Crippen MR) is 86.6 cm³/mol. The summed E-state index contributed by atoms with van der Waals surface area (Å²) in [6.45, 7) is 3.81. The number of aliphatic hydroxyl groups excluding tert-OH is 1. The van der Waals surface area contributed by atoms with Crippen molar-refractivity contribution < 1.29 is 9.90 Å². The molecule has 22 heavy (non-hydrogen) atoms. The van der Waals surface area contributed by atoms with Crippen LogP contribution in [0, 0.1) is 0 Å². The van der Waals surface area contributed by atoms with Gasteiger partial charge in [-0.2, -0.15) is 5.10 Å². The standard InChI is InChI=1S/C16H22N4O2/c1-3-16(4-2,11-21)19-15(22)18-13-7-5-12(6-8-13)14-9-10-17-20-14/h5-10,21H,3-4,11H2,1-2H3,(H,17,20)(H2,18,19,22). The van der Waals surface area contributed by atoms with E-state index in [0.29, 0.717) is 18.5 Å². The first-order chi connectivity index (χ1) is 10.6. The molecule has 0 saturated heterocycles. The number of nitrogens with zero attached hydrogens (tertiary/aromatic N) is 1. The van der Waals surface area contributed by atoms with E-state index in [1.54, 1.807) is 6.20 Å². The molecule has 1 aromatic heterocycles. The van der Waals surface area contributed by atoms with Crippen LogP contribution in [-0.4, -0.2) is 33.5 Å². The van der Waals surface area contributed by atoms with Gasteiger partial charge in [0.25, 0.3) is 0 Å². The first-order valence-electron chi connectivity index (χ1n) is 7.42. The normalized spacial score (nSPS) is 11.2. The molecule has 0 fully saturated rings. The van der Waals surface area contributed by atoms with Crippen molar-refractivity contribution in [1.82, 2.24) is 15.5 Å². The van der Waals surface area contributed by atoms with Gasteiger partial charge in [0.2, 0.25) is 0 Å². The van der Waals surface area contributed by atoms with E-state index in [9.17, 15) is 9.90 Å². The number of nitrogens with one attached hydrogen (secondary N) is 3. The number of carbonyl (C=O) groups is 1. The number of hydrogen-bond acceptors (Lipinski definition) is 3. The monoisotopic (exact) mass is 302 g/mol. The highest BCUT2D eigenvalue weighted by atomic mass is 16.3. The molecule has 0 aliphatic rings. The number of aliphatic hydroxyl groups is 1. The Balaban J connectivity index is 2.00. The molecule has 0 bridgehead atoms. The topological polar surface area (TPSA) is 90.0 Å². The lowest BCUT2D eigenvalue weighted by Gasteiger charge is -2.30. The van der Waals surface area contributed by atoms with Crippen molar-refractivity contribution in [3.63, 3.8) is 0 Å². The minimum atomic E-state index is -0.570. The summed E-state index contributed by atoms with van der Waals surface area (Å²) in [6.07, 6.45) is 3.04.